The van der Waals surface area contributed by atoms with Crippen LogP contribution in [0.1, 0.15) is 24.2 Å². The van der Waals surface area contributed by atoms with Crippen LogP contribution in [0.4, 0.5) is 5.69 Å². The van der Waals surface area contributed by atoms with Crippen molar-refractivity contribution < 1.29 is 19.6 Å². The molecule has 2 saturated heterocycles. The Labute approximate surface area is 203 Å². The predicted octanol–water partition coefficient (Wildman–Crippen LogP) is 1.99. The molecule has 1 aromatic carbocycles. The average Bonchev–Trinajstić information content (AvgIpc) is 3.17. The first kappa shape index (κ1) is 24.9. The fourth-order valence-corrected chi connectivity index (χ4v) is 4.24. The van der Waals surface area contributed by atoms with Crippen LogP contribution in [-0.2, 0) is 14.4 Å². The standard InChI is InChI=1S/C24H25N5O4.ClH/c30-21(27-33)11-9-18-5-4-6-19(26-18)10-12-22(31)28-15-13-24(14-16-28)23(32)25-17-29(24)20-7-2-1-3-8-20;/h1-12,33H,13-17H2,(H,25,32)(H,27,30);1H. The number of carbonyl (C=O) groups is 3. The van der Waals surface area contributed by atoms with E-state index in [9.17, 15) is 14.4 Å². The molecular weight excluding hydrogens is 458 g/mol. The number of halogens is 1. The first-order valence-electron chi connectivity index (χ1n) is 10.7. The van der Waals surface area contributed by atoms with Crippen molar-refractivity contribution in [3.8, 4) is 0 Å². The number of carbonyl (C=O) groups excluding carboxylic acids is 3. The van der Waals surface area contributed by atoms with Crippen LogP contribution in [0.5, 0.6) is 0 Å². The fourth-order valence-electron chi connectivity index (χ4n) is 4.24. The number of amides is 3. The van der Waals surface area contributed by atoms with E-state index in [1.807, 2.05) is 30.3 Å². The Morgan fingerprint density at radius 2 is 1.65 bits per heavy atom. The summed E-state index contributed by atoms with van der Waals surface area (Å²) in [6.45, 7) is 1.42. The summed E-state index contributed by atoms with van der Waals surface area (Å²) in [5, 5.41) is 11.5. The van der Waals surface area contributed by atoms with E-state index in [1.165, 1.54) is 17.6 Å². The van der Waals surface area contributed by atoms with E-state index < -0.39 is 11.4 Å². The van der Waals surface area contributed by atoms with Gasteiger partial charge in [-0.15, -0.1) is 12.4 Å². The van der Waals surface area contributed by atoms with Crippen LogP contribution in [0.3, 0.4) is 0 Å². The second-order valence-electron chi connectivity index (χ2n) is 7.91. The molecule has 0 bridgehead atoms. The van der Waals surface area contributed by atoms with Crippen molar-refractivity contribution in [1.82, 2.24) is 20.7 Å². The number of aromatic nitrogens is 1. The molecule has 0 unspecified atom stereocenters. The Morgan fingerprint density at radius 3 is 2.29 bits per heavy atom. The lowest BCUT2D eigenvalue weighted by molar-refractivity contribution is -0.131. The van der Waals surface area contributed by atoms with Gasteiger partial charge in [0.05, 0.1) is 18.1 Å². The molecular formula is C24H26ClN5O4. The topological polar surface area (TPSA) is 115 Å². The highest BCUT2D eigenvalue weighted by atomic mass is 35.5. The van der Waals surface area contributed by atoms with Gasteiger partial charge in [0.25, 0.3) is 5.91 Å². The molecule has 3 N–H and O–H groups in total. The number of benzene rings is 1. The van der Waals surface area contributed by atoms with Crippen molar-refractivity contribution in [2.45, 2.75) is 18.4 Å². The number of anilines is 1. The fraction of sp³-hybridized carbons (Fsp3) is 0.250. The van der Waals surface area contributed by atoms with Crippen molar-refractivity contribution in [3.05, 3.63) is 72.1 Å². The maximum atomic E-state index is 12.7. The summed E-state index contributed by atoms with van der Waals surface area (Å²) in [4.78, 5) is 44.8. The monoisotopic (exact) mass is 483 g/mol. The van der Waals surface area contributed by atoms with E-state index >= 15 is 0 Å². The molecule has 178 valence electrons. The number of para-hydroxylation sites is 1. The number of pyridine rings is 1. The summed E-state index contributed by atoms with van der Waals surface area (Å²) >= 11 is 0. The lowest BCUT2D eigenvalue weighted by atomic mass is 9.85. The zero-order valence-electron chi connectivity index (χ0n) is 18.4. The third-order valence-electron chi connectivity index (χ3n) is 6.01. The minimum absolute atomic E-state index is 0. The Hall–Kier alpha value is -3.69. The lowest BCUT2D eigenvalue weighted by Gasteiger charge is -2.43. The van der Waals surface area contributed by atoms with Gasteiger partial charge in [-0.05, 0) is 49.3 Å². The highest BCUT2D eigenvalue weighted by Gasteiger charge is 2.50. The largest absolute Gasteiger partial charge is 0.339 e. The summed E-state index contributed by atoms with van der Waals surface area (Å²) in [7, 11) is 0. The van der Waals surface area contributed by atoms with Gasteiger partial charge < -0.3 is 15.1 Å². The summed E-state index contributed by atoms with van der Waals surface area (Å²) in [5.74, 6) is -0.785. The molecule has 2 fully saturated rings. The Balaban J connectivity index is 0.00000324. The van der Waals surface area contributed by atoms with Crippen molar-refractivity contribution in [2.24, 2.45) is 0 Å². The zero-order valence-corrected chi connectivity index (χ0v) is 19.2. The van der Waals surface area contributed by atoms with Crippen molar-refractivity contribution in [1.29, 1.82) is 0 Å². The molecule has 34 heavy (non-hydrogen) atoms. The van der Waals surface area contributed by atoms with Crippen LogP contribution >= 0.6 is 12.4 Å². The van der Waals surface area contributed by atoms with Crippen LogP contribution in [0, 0.1) is 0 Å². The van der Waals surface area contributed by atoms with Gasteiger partial charge in [-0.1, -0.05) is 24.3 Å². The molecule has 1 spiro atoms. The van der Waals surface area contributed by atoms with Gasteiger partial charge in [0.15, 0.2) is 0 Å². The minimum Gasteiger partial charge on any atom is -0.339 e. The second kappa shape index (κ2) is 11.0. The van der Waals surface area contributed by atoms with Gasteiger partial charge in [0.2, 0.25) is 11.8 Å². The number of hydrogen-bond acceptors (Lipinski definition) is 6. The molecule has 0 atom stereocenters. The van der Waals surface area contributed by atoms with Gasteiger partial charge in [-0.25, -0.2) is 10.5 Å². The predicted molar refractivity (Wildman–Crippen MR) is 130 cm³/mol. The SMILES string of the molecule is Cl.O=C(C=Cc1cccc(C=CC(=O)N2CCC3(CC2)C(=O)NCN3c2ccccc2)n1)NO. The summed E-state index contributed by atoms with van der Waals surface area (Å²) in [6, 6.07) is 15.1. The van der Waals surface area contributed by atoms with Crippen LogP contribution in [-0.4, -0.2) is 58.1 Å². The molecule has 3 heterocycles. The number of hydroxylamine groups is 1. The van der Waals surface area contributed by atoms with Gasteiger partial charge in [0.1, 0.15) is 5.54 Å². The lowest BCUT2D eigenvalue weighted by Crippen LogP contribution is -2.57. The molecule has 3 amide bonds. The molecule has 1 aromatic heterocycles. The second-order valence-corrected chi connectivity index (χ2v) is 7.91. The van der Waals surface area contributed by atoms with E-state index in [0.29, 0.717) is 44.0 Å². The van der Waals surface area contributed by atoms with Crippen molar-refractivity contribution in [2.75, 3.05) is 24.7 Å². The number of likely N-dealkylation sites (tertiary alicyclic amines) is 1. The molecule has 0 radical (unpaired) electrons. The van der Waals surface area contributed by atoms with Gasteiger partial charge in [0, 0.05) is 30.9 Å². The third-order valence-corrected chi connectivity index (χ3v) is 6.01. The Bertz CT molecular complexity index is 1100. The maximum absolute atomic E-state index is 12.7. The molecule has 2 aliphatic rings. The number of piperidine rings is 1. The molecule has 2 aliphatic heterocycles. The average molecular weight is 484 g/mol. The van der Waals surface area contributed by atoms with E-state index in [2.05, 4.69) is 15.2 Å². The van der Waals surface area contributed by atoms with Crippen molar-refractivity contribution in [3.63, 3.8) is 0 Å². The van der Waals surface area contributed by atoms with E-state index in [0.717, 1.165) is 11.8 Å². The normalized spacial score (nSPS) is 17.1. The first-order chi connectivity index (χ1) is 16.0. The smallest absolute Gasteiger partial charge is 0.267 e. The van der Waals surface area contributed by atoms with Crippen LogP contribution < -0.4 is 15.7 Å². The van der Waals surface area contributed by atoms with E-state index in [1.54, 1.807) is 29.2 Å². The third kappa shape index (κ3) is 5.27. The maximum Gasteiger partial charge on any atom is 0.267 e. The Morgan fingerprint density at radius 1 is 1.00 bits per heavy atom. The number of nitrogens with zero attached hydrogens (tertiary/aromatic N) is 3. The Kier molecular flexibility index (Phi) is 8.04. The molecule has 9 nitrogen and oxygen atoms in total. The quantitative estimate of drug-likeness (QED) is 0.340. The molecule has 4 rings (SSSR count). The van der Waals surface area contributed by atoms with E-state index in [4.69, 9.17) is 5.21 Å². The highest BCUT2D eigenvalue weighted by Crippen LogP contribution is 2.36. The number of hydrogen-bond donors (Lipinski definition) is 3. The summed E-state index contributed by atoms with van der Waals surface area (Å²) in [5.41, 5.74) is 2.95. The molecule has 2 aromatic rings. The zero-order chi connectivity index (χ0) is 23.3. The van der Waals surface area contributed by atoms with Gasteiger partial charge in [-0.2, -0.15) is 0 Å². The van der Waals surface area contributed by atoms with Gasteiger partial charge in [-0.3, -0.25) is 19.6 Å². The van der Waals surface area contributed by atoms with Gasteiger partial charge >= 0.3 is 0 Å². The van der Waals surface area contributed by atoms with Crippen molar-refractivity contribution >= 4 is 48.0 Å². The summed E-state index contributed by atoms with van der Waals surface area (Å²) < 4.78 is 0. The highest BCUT2D eigenvalue weighted by molar-refractivity contribution is 5.95. The number of nitrogens with one attached hydrogen (secondary N) is 2. The molecule has 0 aliphatic carbocycles. The minimum atomic E-state index is -0.655. The van der Waals surface area contributed by atoms with Crippen LogP contribution in [0.25, 0.3) is 12.2 Å². The first-order valence-corrected chi connectivity index (χ1v) is 10.7. The van der Waals surface area contributed by atoms with Crippen LogP contribution in [0.2, 0.25) is 0 Å². The molecule has 0 saturated carbocycles. The number of rotatable bonds is 5. The van der Waals surface area contributed by atoms with E-state index in [-0.39, 0.29) is 24.2 Å². The van der Waals surface area contributed by atoms with Crippen LogP contribution in [0.15, 0.2) is 60.7 Å². The summed E-state index contributed by atoms with van der Waals surface area (Å²) in [6.07, 6.45) is 6.81. The molecule has 10 heteroatoms.